The minimum absolute atomic E-state index is 0.190. The molecule has 0 spiro atoms. The van der Waals surface area contributed by atoms with Crippen molar-refractivity contribution in [3.05, 3.63) is 59.7 Å². The van der Waals surface area contributed by atoms with E-state index in [0.717, 1.165) is 24.8 Å². The number of para-hydroxylation sites is 1. The first kappa shape index (κ1) is 16.5. The van der Waals surface area contributed by atoms with Gasteiger partial charge in [0.15, 0.2) is 5.75 Å². The molecule has 0 atom stereocenters. The lowest BCUT2D eigenvalue weighted by atomic mass is 10.1. The first-order valence-electron chi connectivity index (χ1n) is 6.77. The topological polar surface area (TPSA) is 61.8 Å². The van der Waals surface area contributed by atoms with Crippen LogP contribution < -0.4 is 4.89 Å². The fraction of sp³-hybridized carbons (Fsp3) is 0.250. The molecule has 5 nitrogen and oxygen atoms in total. The molecule has 0 fully saturated rings. The molecule has 2 aromatic rings. The molecule has 6 heteroatoms. The summed E-state index contributed by atoms with van der Waals surface area (Å²) in [7, 11) is -2.37. The standard InChI is InChI=1S/C8H10O3S.C8H8O2/c1-7-3-5-8(6-4-7)12(9,10)11-2;1-2-4-8-7(3-1)5-6-9-10-8/h3-6H,1-2H3;1-4H,5-6H2. The summed E-state index contributed by atoms with van der Waals surface area (Å²) < 4.78 is 26.5. The molecule has 0 N–H and O–H groups in total. The zero-order valence-electron chi connectivity index (χ0n) is 12.5. The molecule has 1 aliphatic rings. The minimum atomic E-state index is -3.51. The van der Waals surface area contributed by atoms with E-state index in [2.05, 4.69) is 10.2 Å². The van der Waals surface area contributed by atoms with Gasteiger partial charge in [-0.2, -0.15) is 13.3 Å². The van der Waals surface area contributed by atoms with E-state index in [1.54, 1.807) is 12.1 Å². The van der Waals surface area contributed by atoms with E-state index in [4.69, 9.17) is 9.78 Å². The van der Waals surface area contributed by atoms with Crippen LogP contribution in [0.1, 0.15) is 11.1 Å². The Bertz CT molecular complexity index is 683. The van der Waals surface area contributed by atoms with Gasteiger partial charge < -0.3 is 4.89 Å². The molecule has 1 heterocycles. The number of hydrogen-bond donors (Lipinski definition) is 0. The highest BCUT2D eigenvalue weighted by atomic mass is 32.2. The molecule has 22 heavy (non-hydrogen) atoms. The largest absolute Gasteiger partial charge is 0.337 e. The maximum absolute atomic E-state index is 11.1. The van der Waals surface area contributed by atoms with Crippen molar-refractivity contribution in [1.29, 1.82) is 0 Å². The third kappa shape index (κ3) is 4.30. The zero-order valence-corrected chi connectivity index (χ0v) is 13.3. The zero-order chi connectivity index (χ0) is 16.0. The highest BCUT2D eigenvalue weighted by Gasteiger charge is 2.11. The number of aryl methyl sites for hydroxylation is 1. The fourth-order valence-electron chi connectivity index (χ4n) is 1.85. The van der Waals surface area contributed by atoms with Gasteiger partial charge in [0.05, 0.1) is 18.6 Å². The summed E-state index contributed by atoms with van der Waals surface area (Å²) in [5.41, 5.74) is 2.25. The van der Waals surface area contributed by atoms with Crippen LogP contribution in [0.4, 0.5) is 0 Å². The van der Waals surface area contributed by atoms with Crippen molar-refractivity contribution in [3.63, 3.8) is 0 Å². The lowest BCUT2D eigenvalue weighted by Crippen LogP contribution is -2.10. The molecule has 0 saturated heterocycles. The lowest BCUT2D eigenvalue weighted by molar-refractivity contribution is -0.215. The monoisotopic (exact) mass is 322 g/mol. The van der Waals surface area contributed by atoms with Crippen molar-refractivity contribution >= 4 is 10.1 Å². The molecule has 118 valence electrons. The quantitative estimate of drug-likeness (QED) is 0.628. The van der Waals surface area contributed by atoms with Gasteiger partial charge in [-0.1, -0.05) is 35.9 Å². The van der Waals surface area contributed by atoms with Crippen molar-refractivity contribution in [2.45, 2.75) is 18.2 Å². The Hall–Kier alpha value is -1.89. The average Bonchev–Trinajstić information content (AvgIpc) is 2.56. The summed E-state index contributed by atoms with van der Waals surface area (Å²) >= 11 is 0. The van der Waals surface area contributed by atoms with Gasteiger partial charge in [0.25, 0.3) is 10.1 Å². The van der Waals surface area contributed by atoms with Crippen LogP contribution in [0.25, 0.3) is 0 Å². The molecular weight excluding hydrogens is 304 g/mol. The molecular formula is C16H18O5S. The van der Waals surface area contributed by atoms with Crippen molar-refractivity contribution < 1.29 is 22.4 Å². The summed E-state index contributed by atoms with van der Waals surface area (Å²) in [6.07, 6.45) is 0.955. The van der Waals surface area contributed by atoms with E-state index in [9.17, 15) is 8.42 Å². The number of fused-ring (bicyclic) bond motifs is 1. The van der Waals surface area contributed by atoms with Gasteiger partial charge >= 0.3 is 0 Å². The summed E-state index contributed by atoms with van der Waals surface area (Å²) in [5, 5.41) is 0. The van der Waals surface area contributed by atoms with Crippen LogP contribution in [0.5, 0.6) is 5.75 Å². The van der Waals surface area contributed by atoms with Gasteiger partial charge in [0, 0.05) is 12.0 Å². The molecule has 0 amide bonds. The van der Waals surface area contributed by atoms with Crippen molar-refractivity contribution in [2.24, 2.45) is 0 Å². The maximum atomic E-state index is 11.1. The van der Waals surface area contributed by atoms with Gasteiger partial charge in [-0.05, 0) is 25.1 Å². The first-order chi connectivity index (χ1) is 10.5. The van der Waals surface area contributed by atoms with Crippen molar-refractivity contribution in [3.8, 4) is 5.75 Å². The lowest BCUT2D eigenvalue weighted by Gasteiger charge is -2.14. The second-order valence-electron chi connectivity index (χ2n) is 4.70. The van der Waals surface area contributed by atoms with Gasteiger partial charge in [0.2, 0.25) is 0 Å². The van der Waals surface area contributed by atoms with Crippen LogP contribution in [0.3, 0.4) is 0 Å². The smallest absolute Gasteiger partial charge is 0.296 e. The molecule has 0 aromatic heterocycles. The average molecular weight is 322 g/mol. The highest BCUT2D eigenvalue weighted by molar-refractivity contribution is 7.86. The first-order valence-corrected chi connectivity index (χ1v) is 8.18. The molecule has 0 radical (unpaired) electrons. The Labute approximate surface area is 130 Å². The van der Waals surface area contributed by atoms with E-state index < -0.39 is 10.1 Å². The van der Waals surface area contributed by atoms with Crippen LogP contribution in [0.2, 0.25) is 0 Å². The molecule has 0 unspecified atom stereocenters. The summed E-state index contributed by atoms with van der Waals surface area (Å²) in [6, 6.07) is 14.4. The second-order valence-corrected chi connectivity index (χ2v) is 6.41. The maximum Gasteiger partial charge on any atom is 0.296 e. The predicted octanol–water partition coefficient (Wildman–Crippen LogP) is 2.88. The highest BCUT2D eigenvalue weighted by Crippen LogP contribution is 2.21. The summed E-state index contributed by atoms with van der Waals surface area (Å²) in [6.45, 7) is 2.56. The molecule has 2 aromatic carbocycles. The third-order valence-electron chi connectivity index (χ3n) is 3.11. The van der Waals surface area contributed by atoms with Crippen LogP contribution >= 0.6 is 0 Å². The third-order valence-corrected chi connectivity index (χ3v) is 4.39. The van der Waals surface area contributed by atoms with Gasteiger partial charge in [-0.25, -0.2) is 0 Å². The molecule has 3 rings (SSSR count). The Balaban J connectivity index is 0.000000162. The Morgan fingerprint density at radius 3 is 2.36 bits per heavy atom. The van der Waals surface area contributed by atoms with E-state index in [-0.39, 0.29) is 4.90 Å². The number of benzene rings is 2. The summed E-state index contributed by atoms with van der Waals surface area (Å²) in [5.74, 6) is 0.855. The van der Waals surface area contributed by atoms with Gasteiger partial charge in [-0.15, -0.1) is 0 Å². The minimum Gasteiger partial charge on any atom is -0.337 e. The van der Waals surface area contributed by atoms with E-state index in [0.29, 0.717) is 6.61 Å². The molecule has 0 saturated carbocycles. The second kappa shape index (κ2) is 7.40. The van der Waals surface area contributed by atoms with E-state index >= 15 is 0 Å². The molecule has 0 bridgehead atoms. The molecule has 1 aliphatic heterocycles. The predicted molar refractivity (Wildman–Crippen MR) is 82.1 cm³/mol. The van der Waals surface area contributed by atoms with Crippen LogP contribution in [-0.2, 0) is 25.6 Å². The Kier molecular flexibility index (Phi) is 5.54. The van der Waals surface area contributed by atoms with Crippen LogP contribution in [0.15, 0.2) is 53.4 Å². The molecule has 0 aliphatic carbocycles. The van der Waals surface area contributed by atoms with Crippen molar-refractivity contribution in [2.75, 3.05) is 13.7 Å². The Morgan fingerprint density at radius 1 is 1.05 bits per heavy atom. The van der Waals surface area contributed by atoms with Gasteiger partial charge in [-0.3, -0.25) is 4.18 Å². The van der Waals surface area contributed by atoms with E-state index in [1.807, 2.05) is 25.1 Å². The van der Waals surface area contributed by atoms with Crippen molar-refractivity contribution in [1.82, 2.24) is 0 Å². The SMILES string of the molecule is COS(=O)(=O)c1ccc(C)cc1.c1ccc2c(c1)CCOO2. The normalized spacial score (nSPS) is 13.4. The Morgan fingerprint density at radius 2 is 1.73 bits per heavy atom. The number of hydrogen-bond acceptors (Lipinski definition) is 5. The van der Waals surface area contributed by atoms with Crippen LogP contribution in [-0.4, -0.2) is 22.1 Å². The number of rotatable bonds is 2. The fourth-order valence-corrected chi connectivity index (χ4v) is 2.51. The van der Waals surface area contributed by atoms with E-state index in [1.165, 1.54) is 17.7 Å². The van der Waals surface area contributed by atoms with Crippen LogP contribution in [0, 0.1) is 6.92 Å². The summed E-state index contributed by atoms with van der Waals surface area (Å²) in [4.78, 5) is 9.91. The van der Waals surface area contributed by atoms with Gasteiger partial charge in [0.1, 0.15) is 0 Å².